The average Bonchev–Trinajstić information content (AvgIpc) is 3.15. The smallest absolute Gasteiger partial charge is 0.237 e. The minimum atomic E-state index is -0.921. The zero-order valence-corrected chi connectivity index (χ0v) is 15.6. The monoisotopic (exact) mass is 371 g/mol. The topological polar surface area (TPSA) is 75.4 Å². The Labute approximate surface area is 158 Å². The number of piperidine rings is 1. The molecular formula is C20H25N3O2S. The highest BCUT2D eigenvalue weighted by atomic mass is 32.1. The normalized spacial score (nSPS) is 16.9. The van der Waals surface area contributed by atoms with Gasteiger partial charge < -0.3 is 11.1 Å². The number of benzene rings is 1. The molecule has 3 rings (SSSR count). The Morgan fingerprint density at radius 2 is 1.88 bits per heavy atom. The summed E-state index contributed by atoms with van der Waals surface area (Å²) in [6.07, 6.45) is 2.11. The zero-order chi connectivity index (χ0) is 18.4. The minimum absolute atomic E-state index is 0.301. The lowest BCUT2D eigenvalue weighted by Gasteiger charge is -2.31. The number of hydrogen-bond donors (Lipinski definition) is 2. The van der Waals surface area contributed by atoms with Crippen molar-refractivity contribution in [3.8, 4) is 0 Å². The van der Waals surface area contributed by atoms with Crippen LogP contribution in [0.3, 0.4) is 0 Å². The molecule has 2 heterocycles. The molecule has 0 saturated carbocycles. The fourth-order valence-electron chi connectivity index (χ4n) is 3.41. The van der Waals surface area contributed by atoms with E-state index < -0.39 is 11.8 Å². The molecule has 1 aromatic carbocycles. The lowest BCUT2D eigenvalue weighted by molar-refractivity contribution is -0.130. The number of nitrogens with zero attached hydrogens (tertiary/aromatic N) is 1. The molecule has 1 aliphatic heterocycles. The van der Waals surface area contributed by atoms with E-state index in [1.165, 1.54) is 4.88 Å². The van der Waals surface area contributed by atoms with Gasteiger partial charge in [0.15, 0.2) is 0 Å². The van der Waals surface area contributed by atoms with E-state index in [2.05, 4.69) is 27.7 Å². The summed E-state index contributed by atoms with van der Waals surface area (Å²) in [4.78, 5) is 28.1. The van der Waals surface area contributed by atoms with Crippen molar-refractivity contribution < 1.29 is 9.59 Å². The first-order valence-electron chi connectivity index (χ1n) is 9.00. The molecule has 1 atom stereocenters. The molecule has 6 heteroatoms. The molecule has 3 N–H and O–H groups in total. The molecule has 1 fully saturated rings. The maximum absolute atomic E-state index is 12.5. The number of thiophene rings is 1. The molecular weight excluding hydrogens is 346 g/mol. The van der Waals surface area contributed by atoms with Gasteiger partial charge in [-0.1, -0.05) is 36.4 Å². The SMILES string of the molecule is NC(=O)[C@H](C(=O)NCC1CCN(Cc2cccs2)CC1)c1ccccc1. The van der Waals surface area contributed by atoms with E-state index in [4.69, 9.17) is 5.73 Å². The lowest BCUT2D eigenvalue weighted by Crippen LogP contribution is -2.42. The molecule has 0 radical (unpaired) electrons. The first-order chi connectivity index (χ1) is 12.6. The van der Waals surface area contributed by atoms with E-state index in [0.29, 0.717) is 18.0 Å². The summed E-state index contributed by atoms with van der Waals surface area (Å²) in [6, 6.07) is 13.2. The quantitative estimate of drug-likeness (QED) is 0.734. The van der Waals surface area contributed by atoms with E-state index >= 15 is 0 Å². The molecule has 0 aliphatic carbocycles. The Morgan fingerprint density at radius 1 is 1.15 bits per heavy atom. The number of nitrogens with two attached hydrogens (primary N) is 1. The second-order valence-corrected chi connectivity index (χ2v) is 7.82. The van der Waals surface area contributed by atoms with Gasteiger partial charge in [-0.25, -0.2) is 0 Å². The van der Waals surface area contributed by atoms with Crippen LogP contribution in [0.5, 0.6) is 0 Å². The average molecular weight is 372 g/mol. The van der Waals surface area contributed by atoms with Gasteiger partial charge in [0.25, 0.3) is 0 Å². The van der Waals surface area contributed by atoms with Crippen LogP contribution in [0.4, 0.5) is 0 Å². The lowest BCUT2D eigenvalue weighted by atomic mass is 9.95. The third-order valence-electron chi connectivity index (χ3n) is 4.91. The van der Waals surface area contributed by atoms with Crippen LogP contribution < -0.4 is 11.1 Å². The number of primary amides is 1. The fraction of sp³-hybridized carbons (Fsp3) is 0.400. The van der Waals surface area contributed by atoms with Gasteiger partial charge in [0.2, 0.25) is 11.8 Å². The van der Waals surface area contributed by atoms with Gasteiger partial charge in [-0.05, 0) is 48.9 Å². The number of carbonyl (C=O) groups excluding carboxylic acids is 2. The summed E-state index contributed by atoms with van der Waals surface area (Å²) in [5.74, 6) is -1.39. The van der Waals surface area contributed by atoms with Gasteiger partial charge in [0.1, 0.15) is 5.92 Å². The van der Waals surface area contributed by atoms with E-state index in [1.807, 2.05) is 18.2 Å². The number of likely N-dealkylation sites (tertiary alicyclic amines) is 1. The predicted molar refractivity (Wildman–Crippen MR) is 104 cm³/mol. The molecule has 1 aromatic heterocycles. The number of nitrogens with one attached hydrogen (secondary N) is 1. The van der Waals surface area contributed by atoms with Crippen molar-refractivity contribution in [2.24, 2.45) is 11.7 Å². The second-order valence-electron chi connectivity index (χ2n) is 6.79. The van der Waals surface area contributed by atoms with Crippen LogP contribution in [0.25, 0.3) is 0 Å². The van der Waals surface area contributed by atoms with Crippen molar-refractivity contribution in [2.45, 2.75) is 25.3 Å². The second kappa shape index (κ2) is 8.96. The van der Waals surface area contributed by atoms with Gasteiger partial charge in [-0.15, -0.1) is 11.3 Å². The third kappa shape index (κ3) is 4.93. The number of carbonyl (C=O) groups is 2. The number of amides is 2. The van der Waals surface area contributed by atoms with Crippen LogP contribution in [-0.4, -0.2) is 36.3 Å². The van der Waals surface area contributed by atoms with E-state index in [1.54, 1.807) is 23.5 Å². The standard InChI is InChI=1S/C20H25N3O2S/c21-19(24)18(16-5-2-1-3-6-16)20(25)22-13-15-8-10-23(11-9-15)14-17-7-4-12-26-17/h1-7,12,15,18H,8-11,13-14H2,(H2,21,24)(H,22,25)/t18-/m1/s1. The van der Waals surface area contributed by atoms with E-state index in [-0.39, 0.29) is 5.91 Å². The molecule has 5 nitrogen and oxygen atoms in total. The number of hydrogen-bond acceptors (Lipinski definition) is 4. The van der Waals surface area contributed by atoms with Crippen LogP contribution in [0.2, 0.25) is 0 Å². The minimum Gasteiger partial charge on any atom is -0.369 e. The zero-order valence-electron chi connectivity index (χ0n) is 14.8. The summed E-state index contributed by atoms with van der Waals surface area (Å²) in [5, 5.41) is 5.05. The third-order valence-corrected chi connectivity index (χ3v) is 5.77. The molecule has 0 unspecified atom stereocenters. The van der Waals surface area contributed by atoms with Crippen LogP contribution in [0.1, 0.15) is 29.2 Å². The maximum Gasteiger partial charge on any atom is 0.237 e. The highest BCUT2D eigenvalue weighted by molar-refractivity contribution is 7.09. The van der Waals surface area contributed by atoms with E-state index in [0.717, 1.165) is 32.5 Å². The Hall–Kier alpha value is -2.18. The Bertz CT molecular complexity index is 710. The molecule has 26 heavy (non-hydrogen) atoms. The van der Waals surface area contributed by atoms with Gasteiger partial charge in [0, 0.05) is 18.0 Å². The molecule has 0 bridgehead atoms. The molecule has 1 saturated heterocycles. The summed E-state index contributed by atoms with van der Waals surface area (Å²) in [7, 11) is 0. The van der Waals surface area contributed by atoms with Gasteiger partial charge in [0.05, 0.1) is 0 Å². The largest absolute Gasteiger partial charge is 0.369 e. The molecule has 2 aromatic rings. The first-order valence-corrected chi connectivity index (χ1v) is 9.88. The Balaban J connectivity index is 1.46. The van der Waals surface area contributed by atoms with Crippen molar-refractivity contribution in [3.05, 3.63) is 58.3 Å². The summed E-state index contributed by atoms with van der Waals surface area (Å²) >= 11 is 1.79. The van der Waals surface area contributed by atoms with Crippen molar-refractivity contribution >= 4 is 23.2 Å². The van der Waals surface area contributed by atoms with Gasteiger partial charge in [-0.3, -0.25) is 14.5 Å². The summed E-state index contributed by atoms with van der Waals surface area (Å²) < 4.78 is 0. The predicted octanol–water partition coefficient (Wildman–Crippen LogP) is 2.35. The van der Waals surface area contributed by atoms with Crippen molar-refractivity contribution in [2.75, 3.05) is 19.6 Å². The van der Waals surface area contributed by atoms with Crippen molar-refractivity contribution in [1.29, 1.82) is 0 Å². The highest BCUT2D eigenvalue weighted by Gasteiger charge is 2.27. The summed E-state index contributed by atoms with van der Waals surface area (Å²) in [5.41, 5.74) is 6.10. The first kappa shape index (κ1) is 18.6. The van der Waals surface area contributed by atoms with Gasteiger partial charge in [-0.2, -0.15) is 0 Å². The van der Waals surface area contributed by atoms with Crippen LogP contribution in [0.15, 0.2) is 47.8 Å². The molecule has 0 spiro atoms. The molecule has 1 aliphatic rings. The Kier molecular flexibility index (Phi) is 6.41. The highest BCUT2D eigenvalue weighted by Crippen LogP contribution is 2.21. The Morgan fingerprint density at radius 3 is 2.50 bits per heavy atom. The van der Waals surface area contributed by atoms with Crippen molar-refractivity contribution in [1.82, 2.24) is 10.2 Å². The van der Waals surface area contributed by atoms with Crippen LogP contribution in [0, 0.1) is 5.92 Å². The van der Waals surface area contributed by atoms with Gasteiger partial charge >= 0.3 is 0 Å². The van der Waals surface area contributed by atoms with Crippen molar-refractivity contribution in [3.63, 3.8) is 0 Å². The summed E-state index contributed by atoms with van der Waals surface area (Å²) in [6.45, 7) is 3.68. The van der Waals surface area contributed by atoms with E-state index in [9.17, 15) is 9.59 Å². The van der Waals surface area contributed by atoms with Crippen LogP contribution >= 0.6 is 11.3 Å². The molecule has 138 valence electrons. The van der Waals surface area contributed by atoms with Crippen LogP contribution in [-0.2, 0) is 16.1 Å². The maximum atomic E-state index is 12.5. The molecule has 2 amide bonds. The fourth-order valence-corrected chi connectivity index (χ4v) is 4.16. The number of rotatable bonds is 7.